The number of nitrogens with one attached hydrogen (secondary N) is 2. The Kier molecular flexibility index (Phi) is 7.18. The van der Waals surface area contributed by atoms with E-state index in [4.69, 9.17) is 9.47 Å². The summed E-state index contributed by atoms with van der Waals surface area (Å²) < 4.78 is 11.2. The van der Waals surface area contributed by atoms with Crippen LogP contribution in [0.5, 0.6) is 11.5 Å². The van der Waals surface area contributed by atoms with E-state index in [0.29, 0.717) is 29.4 Å². The van der Waals surface area contributed by atoms with Crippen molar-refractivity contribution in [2.75, 3.05) is 19.0 Å². The predicted molar refractivity (Wildman–Crippen MR) is 111 cm³/mol. The fourth-order valence-electron chi connectivity index (χ4n) is 2.52. The Hall–Kier alpha value is -3.39. The largest absolute Gasteiger partial charge is 0.493 e. The zero-order chi connectivity index (χ0) is 20.5. The van der Waals surface area contributed by atoms with Gasteiger partial charge in [-0.2, -0.15) is 11.3 Å². The van der Waals surface area contributed by atoms with Gasteiger partial charge in [-0.05, 0) is 41.3 Å². The summed E-state index contributed by atoms with van der Waals surface area (Å²) in [6, 6.07) is 10.6. The lowest BCUT2D eigenvalue weighted by molar-refractivity contribution is -0.116. The molecule has 0 radical (unpaired) electrons. The molecule has 0 aliphatic carbocycles. The Morgan fingerprint density at radius 3 is 2.66 bits per heavy atom. The van der Waals surface area contributed by atoms with E-state index in [0.717, 1.165) is 5.56 Å². The number of carbonyl (C=O) groups excluding carboxylic acids is 2. The van der Waals surface area contributed by atoms with Crippen LogP contribution in [0.25, 0.3) is 0 Å². The third-order valence-electron chi connectivity index (χ3n) is 4.01. The van der Waals surface area contributed by atoms with Crippen molar-refractivity contribution in [2.45, 2.75) is 13.0 Å². The number of hydrogen-bond donors (Lipinski definition) is 2. The van der Waals surface area contributed by atoms with Crippen LogP contribution in [-0.4, -0.2) is 30.5 Å². The minimum Gasteiger partial charge on any atom is -0.493 e. The first-order chi connectivity index (χ1) is 14.2. The Morgan fingerprint density at radius 2 is 1.93 bits per heavy atom. The highest BCUT2D eigenvalue weighted by Crippen LogP contribution is 2.31. The molecule has 150 valence electrons. The highest BCUT2D eigenvalue weighted by Gasteiger charge is 2.10. The Bertz CT molecular complexity index is 946. The van der Waals surface area contributed by atoms with Gasteiger partial charge in [-0.1, -0.05) is 0 Å². The van der Waals surface area contributed by atoms with E-state index in [2.05, 4.69) is 15.6 Å². The minimum absolute atomic E-state index is 0.162. The molecule has 0 aliphatic rings. The van der Waals surface area contributed by atoms with Gasteiger partial charge in [0.1, 0.15) is 6.61 Å². The van der Waals surface area contributed by atoms with Gasteiger partial charge >= 0.3 is 0 Å². The van der Waals surface area contributed by atoms with Crippen LogP contribution >= 0.6 is 11.3 Å². The maximum Gasteiger partial charge on any atom is 0.252 e. The molecule has 0 aliphatic heterocycles. The number of hydrogen-bond acceptors (Lipinski definition) is 6. The first-order valence-corrected chi connectivity index (χ1v) is 9.90. The summed E-state index contributed by atoms with van der Waals surface area (Å²) in [6.45, 7) is 0.604. The molecule has 2 aromatic heterocycles. The van der Waals surface area contributed by atoms with Gasteiger partial charge in [-0.3, -0.25) is 14.6 Å². The minimum atomic E-state index is -0.208. The van der Waals surface area contributed by atoms with Crippen LogP contribution < -0.4 is 20.1 Å². The van der Waals surface area contributed by atoms with E-state index >= 15 is 0 Å². The van der Waals surface area contributed by atoms with Gasteiger partial charge < -0.3 is 20.1 Å². The van der Waals surface area contributed by atoms with Crippen molar-refractivity contribution >= 4 is 28.8 Å². The number of methoxy groups -OCH3 is 1. The molecule has 0 saturated heterocycles. The average molecular weight is 411 g/mol. The fraction of sp³-hybridized carbons (Fsp3) is 0.190. The molecular formula is C21H21N3O4S. The lowest BCUT2D eigenvalue weighted by Gasteiger charge is -2.13. The van der Waals surface area contributed by atoms with Gasteiger partial charge in [-0.15, -0.1) is 0 Å². The third kappa shape index (κ3) is 6.05. The molecule has 2 amide bonds. The normalized spacial score (nSPS) is 10.2. The van der Waals surface area contributed by atoms with Crippen LogP contribution in [-0.2, 0) is 11.4 Å². The number of aromatic nitrogens is 1. The first kappa shape index (κ1) is 20.3. The van der Waals surface area contributed by atoms with Crippen molar-refractivity contribution in [3.8, 4) is 11.5 Å². The summed E-state index contributed by atoms with van der Waals surface area (Å²) in [4.78, 5) is 28.0. The second-order valence-electron chi connectivity index (χ2n) is 6.08. The lowest BCUT2D eigenvalue weighted by Crippen LogP contribution is -2.27. The van der Waals surface area contributed by atoms with Crippen LogP contribution in [0, 0.1) is 0 Å². The fourth-order valence-corrected chi connectivity index (χ4v) is 3.15. The summed E-state index contributed by atoms with van der Waals surface area (Å²) in [6.07, 6.45) is 3.56. The maximum absolute atomic E-state index is 12.2. The van der Waals surface area contributed by atoms with Crippen molar-refractivity contribution in [1.82, 2.24) is 10.3 Å². The number of nitrogens with zero attached hydrogens (tertiary/aromatic N) is 1. The van der Waals surface area contributed by atoms with Crippen LogP contribution in [0.4, 0.5) is 5.69 Å². The molecule has 0 fully saturated rings. The number of thiophene rings is 1. The van der Waals surface area contributed by atoms with E-state index in [1.54, 1.807) is 49.1 Å². The van der Waals surface area contributed by atoms with E-state index < -0.39 is 0 Å². The summed E-state index contributed by atoms with van der Waals surface area (Å²) in [7, 11) is 1.56. The van der Waals surface area contributed by atoms with E-state index in [1.807, 2.05) is 17.5 Å². The zero-order valence-corrected chi connectivity index (χ0v) is 16.7. The topological polar surface area (TPSA) is 89.6 Å². The second-order valence-corrected chi connectivity index (χ2v) is 6.86. The summed E-state index contributed by atoms with van der Waals surface area (Å²) in [5.41, 5.74) is 2.16. The van der Waals surface area contributed by atoms with Crippen LogP contribution in [0.2, 0.25) is 0 Å². The quantitative estimate of drug-likeness (QED) is 0.563. The highest BCUT2D eigenvalue weighted by molar-refractivity contribution is 7.08. The molecule has 0 bridgehead atoms. The molecule has 2 N–H and O–H groups in total. The SMILES string of the molecule is COc1ccc(NC(=O)CCNC(=O)c2ccsc2)cc1OCc1ccncc1. The Morgan fingerprint density at radius 1 is 1.10 bits per heavy atom. The summed E-state index contributed by atoms with van der Waals surface area (Å²) in [5.74, 6) is 0.698. The average Bonchev–Trinajstić information content (AvgIpc) is 3.28. The van der Waals surface area contributed by atoms with E-state index in [1.165, 1.54) is 11.3 Å². The van der Waals surface area contributed by atoms with Crippen molar-refractivity contribution in [2.24, 2.45) is 0 Å². The molecule has 0 saturated carbocycles. The molecule has 0 unspecified atom stereocenters. The zero-order valence-electron chi connectivity index (χ0n) is 15.9. The van der Waals surface area contributed by atoms with Gasteiger partial charge in [0, 0.05) is 48.1 Å². The molecule has 1 aromatic carbocycles. The smallest absolute Gasteiger partial charge is 0.252 e. The van der Waals surface area contributed by atoms with Gasteiger partial charge in [0.05, 0.1) is 7.11 Å². The van der Waals surface area contributed by atoms with Gasteiger partial charge in [-0.25, -0.2) is 0 Å². The van der Waals surface area contributed by atoms with Gasteiger partial charge in [0.15, 0.2) is 11.5 Å². The number of amides is 2. The predicted octanol–water partition coefficient (Wildman–Crippen LogP) is 3.49. The number of ether oxygens (including phenoxy) is 2. The van der Waals surface area contributed by atoms with Crippen LogP contribution in [0.3, 0.4) is 0 Å². The monoisotopic (exact) mass is 411 g/mol. The molecule has 0 atom stereocenters. The van der Waals surface area contributed by atoms with Crippen molar-refractivity contribution in [3.05, 3.63) is 70.7 Å². The number of carbonyl (C=O) groups is 2. The summed E-state index contributed by atoms with van der Waals surface area (Å²) >= 11 is 1.45. The molecule has 8 heteroatoms. The van der Waals surface area contributed by atoms with Gasteiger partial charge in [0.2, 0.25) is 5.91 Å². The molecular weight excluding hydrogens is 390 g/mol. The van der Waals surface area contributed by atoms with Crippen molar-refractivity contribution in [1.29, 1.82) is 0 Å². The van der Waals surface area contributed by atoms with Crippen molar-refractivity contribution < 1.29 is 19.1 Å². The molecule has 29 heavy (non-hydrogen) atoms. The van der Waals surface area contributed by atoms with Gasteiger partial charge in [0.25, 0.3) is 5.91 Å². The number of rotatable bonds is 9. The number of pyridine rings is 1. The molecule has 2 heterocycles. The highest BCUT2D eigenvalue weighted by atomic mass is 32.1. The molecule has 0 spiro atoms. The number of benzene rings is 1. The van der Waals surface area contributed by atoms with E-state index in [9.17, 15) is 9.59 Å². The molecule has 7 nitrogen and oxygen atoms in total. The Labute approximate surface area is 172 Å². The molecule has 3 aromatic rings. The standard InChI is InChI=1S/C21H21N3O4S/c1-27-18-3-2-17(12-19(18)28-13-15-4-8-22-9-5-15)24-20(25)6-10-23-21(26)16-7-11-29-14-16/h2-5,7-9,11-12,14H,6,10,13H2,1H3,(H,23,26)(H,24,25). The number of anilines is 1. The molecule has 3 rings (SSSR count). The van der Waals surface area contributed by atoms with Crippen molar-refractivity contribution in [3.63, 3.8) is 0 Å². The Balaban J connectivity index is 1.53. The van der Waals surface area contributed by atoms with Crippen LogP contribution in [0.15, 0.2) is 59.6 Å². The maximum atomic E-state index is 12.2. The van der Waals surface area contributed by atoms with Crippen LogP contribution in [0.1, 0.15) is 22.3 Å². The van der Waals surface area contributed by atoms with E-state index in [-0.39, 0.29) is 24.8 Å². The first-order valence-electron chi connectivity index (χ1n) is 8.95. The lowest BCUT2D eigenvalue weighted by atomic mass is 10.2. The second kappa shape index (κ2) is 10.2. The third-order valence-corrected chi connectivity index (χ3v) is 4.70. The summed E-state index contributed by atoms with van der Waals surface area (Å²) in [5, 5.41) is 9.13.